The van der Waals surface area contributed by atoms with Crippen LogP contribution in [-0.4, -0.2) is 46.2 Å². The number of methoxy groups -OCH3 is 3. The quantitative estimate of drug-likeness (QED) is 0.311. The molecule has 4 rings (SSSR count). The summed E-state index contributed by atoms with van der Waals surface area (Å²) in [5.74, 6) is 2.43. The maximum absolute atomic E-state index is 6.37. The molecular formula is C30H34O7. The summed E-state index contributed by atoms with van der Waals surface area (Å²) in [7, 11) is 4.96. The molecule has 0 saturated heterocycles. The van der Waals surface area contributed by atoms with Crippen molar-refractivity contribution >= 4 is 0 Å². The van der Waals surface area contributed by atoms with Crippen molar-refractivity contribution in [3.8, 4) is 17.2 Å². The van der Waals surface area contributed by atoms with E-state index >= 15 is 0 Å². The van der Waals surface area contributed by atoms with E-state index in [9.17, 15) is 0 Å². The van der Waals surface area contributed by atoms with E-state index in [4.69, 9.17) is 33.2 Å². The van der Waals surface area contributed by atoms with E-state index < -0.39 is 0 Å². The second-order valence-electron chi connectivity index (χ2n) is 8.61. The first-order valence-electron chi connectivity index (χ1n) is 12.2. The van der Waals surface area contributed by atoms with Gasteiger partial charge in [-0.15, -0.1) is 0 Å². The lowest BCUT2D eigenvalue weighted by atomic mass is 10.1. The topological polar surface area (TPSA) is 64.6 Å². The van der Waals surface area contributed by atoms with Gasteiger partial charge in [-0.1, -0.05) is 36.4 Å². The summed E-state index contributed by atoms with van der Waals surface area (Å²) in [6.45, 7) is 1.65. The summed E-state index contributed by atoms with van der Waals surface area (Å²) >= 11 is 0. The first kappa shape index (κ1) is 26.5. The molecule has 0 bridgehead atoms. The monoisotopic (exact) mass is 506 g/mol. The van der Waals surface area contributed by atoms with Gasteiger partial charge < -0.3 is 33.2 Å². The highest BCUT2D eigenvalue weighted by Gasteiger charge is 2.34. The molecule has 0 unspecified atom stereocenters. The molecule has 7 heteroatoms. The van der Waals surface area contributed by atoms with Crippen LogP contribution in [0.25, 0.3) is 0 Å². The minimum Gasteiger partial charge on any atom is -0.497 e. The second kappa shape index (κ2) is 13.7. The van der Waals surface area contributed by atoms with E-state index in [1.165, 1.54) is 0 Å². The van der Waals surface area contributed by atoms with Gasteiger partial charge in [0.25, 0.3) is 0 Å². The zero-order valence-electron chi connectivity index (χ0n) is 21.5. The maximum Gasteiger partial charge on any atom is 0.150 e. The first-order valence-corrected chi connectivity index (χ1v) is 12.2. The standard InChI is InChI=1S/C30H34O7/c1-31-25-10-4-22(5-11-25)18-34-21-29-30(37-20-24-8-14-27(33-3)15-9-24)28(16-17-35-29)36-19-23-6-12-26(32-2)13-7-23/h4-17,28-30H,18-21H2,1-3H3/t28-,29-,30-/m1/s1. The van der Waals surface area contributed by atoms with Crippen LogP contribution in [0.15, 0.2) is 85.1 Å². The van der Waals surface area contributed by atoms with Crippen molar-refractivity contribution in [3.63, 3.8) is 0 Å². The fourth-order valence-corrected chi connectivity index (χ4v) is 3.95. The maximum atomic E-state index is 6.37. The van der Waals surface area contributed by atoms with Crippen molar-refractivity contribution in [2.45, 2.75) is 38.1 Å². The van der Waals surface area contributed by atoms with Gasteiger partial charge in [-0.05, 0) is 59.2 Å². The Kier molecular flexibility index (Phi) is 9.82. The summed E-state index contributed by atoms with van der Waals surface area (Å²) in [5, 5.41) is 0. The lowest BCUT2D eigenvalue weighted by molar-refractivity contribution is -0.147. The van der Waals surface area contributed by atoms with Crippen molar-refractivity contribution < 1.29 is 33.2 Å². The molecule has 7 nitrogen and oxygen atoms in total. The highest BCUT2D eigenvalue weighted by molar-refractivity contribution is 5.28. The van der Waals surface area contributed by atoms with Crippen molar-refractivity contribution in [2.75, 3.05) is 27.9 Å². The van der Waals surface area contributed by atoms with Crippen LogP contribution in [-0.2, 0) is 38.8 Å². The van der Waals surface area contributed by atoms with Crippen LogP contribution in [0, 0.1) is 0 Å². The Morgan fingerprint density at radius 1 is 0.595 bits per heavy atom. The summed E-state index contributed by atoms with van der Waals surface area (Å²) in [5.41, 5.74) is 3.12. The highest BCUT2D eigenvalue weighted by atomic mass is 16.6. The van der Waals surface area contributed by atoms with Crippen LogP contribution in [0.2, 0.25) is 0 Å². The molecule has 0 radical (unpaired) electrons. The van der Waals surface area contributed by atoms with Crippen LogP contribution in [0.3, 0.4) is 0 Å². The SMILES string of the molecule is COc1ccc(COC[C@H]2OC=C[C@@H](OCc3ccc(OC)cc3)[C@H]2OCc2ccc(OC)cc2)cc1. The van der Waals surface area contributed by atoms with Gasteiger partial charge in [0.2, 0.25) is 0 Å². The Bertz CT molecular complexity index is 1090. The summed E-state index contributed by atoms with van der Waals surface area (Å²) in [6.07, 6.45) is 2.57. The number of hydrogen-bond donors (Lipinski definition) is 0. The number of rotatable bonds is 13. The normalized spacial score (nSPS) is 18.7. The van der Waals surface area contributed by atoms with Gasteiger partial charge >= 0.3 is 0 Å². The third-order valence-corrected chi connectivity index (χ3v) is 6.12. The lowest BCUT2D eigenvalue weighted by Crippen LogP contribution is -2.45. The van der Waals surface area contributed by atoms with E-state index in [2.05, 4.69) is 0 Å². The zero-order valence-corrected chi connectivity index (χ0v) is 21.5. The van der Waals surface area contributed by atoms with E-state index in [1.54, 1.807) is 27.6 Å². The molecule has 0 spiro atoms. The van der Waals surface area contributed by atoms with Crippen LogP contribution >= 0.6 is 0 Å². The average Bonchev–Trinajstić information content (AvgIpc) is 2.96. The Morgan fingerprint density at radius 2 is 1.05 bits per heavy atom. The molecule has 3 atom stereocenters. The Hall–Kier alpha value is -3.52. The minimum absolute atomic E-state index is 0.302. The second-order valence-corrected chi connectivity index (χ2v) is 8.61. The highest BCUT2D eigenvalue weighted by Crippen LogP contribution is 2.24. The molecule has 1 aliphatic heterocycles. The van der Waals surface area contributed by atoms with E-state index in [-0.39, 0.29) is 18.3 Å². The molecule has 0 amide bonds. The van der Waals surface area contributed by atoms with Crippen LogP contribution in [0.5, 0.6) is 17.2 Å². The summed E-state index contributed by atoms with van der Waals surface area (Å²) in [6, 6.07) is 23.4. The molecule has 37 heavy (non-hydrogen) atoms. The average molecular weight is 507 g/mol. The van der Waals surface area contributed by atoms with E-state index in [0.717, 1.165) is 33.9 Å². The Labute approximate surface area is 218 Å². The molecule has 1 heterocycles. The lowest BCUT2D eigenvalue weighted by Gasteiger charge is -2.34. The third-order valence-electron chi connectivity index (χ3n) is 6.12. The molecule has 0 fully saturated rings. The van der Waals surface area contributed by atoms with Crippen molar-refractivity contribution in [3.05, 3.63) is 102 Å². The van der Waals surface area contributed by atoms with Crippen LogP contribution < -0.4 is 14.2 Å². The van der Waals surface area contributed by atoms with Crippen molar-refractivity contribution in [2.24, 2.45) is 0 Å². The van der Waals surface area contributed by atoms with Gasteiger partial charge in [-0.2, -0.15) is 0 Å². The van der Waals surface area contributed by atoms with Crippen LogP contribution in [0.1, 0.15) is 16.7 Å². The predicted octanol–water partition coefficient (Wildman–Crippen LogP) is 5.31. The molecule has 0 N–H and O–H groups in total. The van der Waals surface area contributed by atoms with Gasteiger partial charge in [-0.25, -0.2) is 0 Å². The summed E-state index contributed by atoms with van der Waals surface area (Å²) in [4.78, 5) is 0. The van der Waals surface area contributed by atoms with Gasteiger partial charge in [-0.3, -0.25) is 0 Å². The molecule has 3 aromatic rings. The zero-order chi connectivity index (χ0) is 25.9. The first-order chi connectivity index (χ1) is 18.2. The minimum atomic E-state index is -0.360. The molecule has 0 aromatic heterocycles. The molecular weight excluding hydrogens is 472 g/mol. The van der Waals surface area contributed by atoms with Gasteiger partial charge in [0, 0.05) is 0 Å². The molecule has 0 saturated carbocycles. The molecule has 3 aromatic carbocycles. The third kappa shape index (κ3) is 7.73. The number of hydrogen-bond acceptors (Lipinski definition) is 7. The fourth-order valence-electron chi connectivity index (χ4n) is 3.95. The van der Waals surface area contributed by atoms with Gasteiger partial charge in [0.05, 0.1) is 54.0 Å². The molecule has 0 aliphatic carbocycles. The van der Waals surface area contributed by atoms with Crippen molar-refractivity contribution in [1.29, 1.82) is 0 Å². The number of benzene rings is 3. The largest absolute Gasteiger partial charge is 0.497 e. The Balaban J connectivity index is 1.39. The van der Waals surface area contributed by atoms with Gasteiger partial charge in [0.1, 0.15) is 35.6 Å². The fraction of sp³-hybridized carbons (Fsp3) is 0.333. The van der Waals surface area contributed by atoms with Gasteiger partial charge in [0.15, 0.2) is 0 Å². The molecule has 196 valence electrons. The molecule has 1 aliphatic rings. The predicted molar refractivity (Wildman–Crippen MR) is 140 cm³/mol. The smallest absolute Gasteiger partial charge is 0.150 e. The van der Waals surface area contributed by atoms with E-state index in [0.29, 0.717) is 26.4 Å². The van der Waals surface area contributed by atoms with Crippen molar-refractivity contribution in [1.82, 2.24) is 0 Å². The number of ether oxygens (including phenoxy) is 7. The van der Waals surface area contributed by atoms with E-state index in [1.807, 2.05) is 78.9 Å². The Morgan fingerprint density at radius 3 is 1.54 bits per heavy atom. The summed E-state index contributed by atoms with van der Waals surface area (Å²) < 4.78 is 40.3. The van der Waals surface area contributed by atoms with Crippen LogP contribution in [0.4, 0.5) is 0 Å².